The standard InChI is InChI=1S/C12H15Cl2NO.ClH/c13-11-4-1-5-12(14)10(11)8-16-7-9-3-2-6-15-9;/h1,4-5,9,15H,2-3,6-8H2;1H. The molecule has 1 aliphatic heterocycles. The minimum Gasteiger partial charge on any atom is -0.375 e. The predicted octanol–water partition coefficient (Wildman–Crippen LogP) is 3.68. The summed E-state index contributed by atoms with van der Waals surface area (Å²) < 4.78 is 5.63. The molecule has 0 aliphatic carbocycles. The molecule has 1 fully saturated rings. The molecule has 17 heavy (non-hydrogen) atoms. The van der Waals surface area contributed by atoms with Gasteiger partial charge >= 0.3 is 0 Å². The van der Waals surface area contributed by atoms with E-state index in [1.54, 1.807) is 0 Å². The number of hydrogen-bond acceptors (Lipinski definition) is 2. The molecule has 1 N–H and O–H groups in total. The Morgan fingerprint density at radius 1 is 1.29 bits per heavy atom. The van der Waals surface area contributed by atoms with E-state index in [4.69, 9.17) is 27.9 Å². The van der Waals surface area contributed by atoms with Crippen LogP contribution in [0.5, 0.6) is 0 Å². The fraction of sp³-hybridized carbons (Fsp3) is 0.500. The van der Waals surface area contributed by atoms with Crippen molar-refractivity contribution in [3.8, 4) is 0 Å². The van der Waals surface area contributed by atoms with Crippen molar-refractivity contribution in [1.29, 1.82) is 0 Å². The highest BCUT2D eigenvalue weighted by Crippen LogP contribution is 2.25. The van der Waals surface area contributed by atoms with Crippen LogP contribution < -0.4 is 5.32 Å². The molecule has 1 aliphatic rings. The molecule has 5 heteroatoms. The summed E-state index contributed by atoms with van der Waals surface area (Å²) in [5.74, 6) is 0. The zero-order valence-corrected chi connectivity index (χ0v) is 11.7. The molecule has 0 amide bonds. The third-order valence-corrected chi connectivity index (χ3v) is 3.50. The quantitative estimate of drug-likeness (QED) is 0.915. The van der Waals surface area contributed by atoms with E-state index in [9.17, 15) is 0 Å². The van der Waals surface area contributed by atoms with E-state index in [1.807, 2.05) is 18.2 Å². The van der Waals surface area contributed by atoms with Crippen molar-refractivity contribution in [2.75, 3.05) is 13.2 Å². The van der Waals surface area contributed by atoms with Crippen LogP contribution in [-0.2, 0) is 11.3 Å². The highest BCUT2D eigenvalue weighted by molar-refractivity contribution is 6.35. The van der Waals surface area contributed by atoms with Crippen molar-refractivity contribution in [3.05, 3.63) is 33.8 Å². The maximum atomic E-state index is 6.04. The van der Waals surface area contributed by atoms with Gasteiger partial charge in [0.2, 0.25) is 0 Å². The van der Waals surface area contributed by atoms with Gasteiger partial charge in [0.15, 0.2) is 0 Å². The van der Waals surface area contributed by atoms with Crippen LogP contribution in [0.1, 0.15) is 18.4 Å². The number of benzene rings is 1. The summed E-state index contributed by atoms with van der Waals surface area (Å²) in [6.45, 7) is 2.30. The van der Waals surface area contributed by atoms with Gasteiger partial charge in [0.05, 0.1) is 13.2 Å². The van der Waals surface area contributed by atoms with Gasteiger partial charge in [-0.15, -0.1) is 12.4 Å². The molecule has 1 aromatic rings. The van der Waals surface area contributed by atoms with Crippen LogP contribution in [0.15, 0.2) is 18.2 Å². The molecular weight excluding hydrogens is 280 g/mol. The van der Waals surface area contributed by atoms with Crippen molar-refractivity contribution in [2.24, 2.45) is 0 Å². The molecule has 1 unspecified atom stereocenters. The maximum absolute atomic E-state index is 6.04. The molecule has 0 bridgehead atoms. The summed E-state index contributed by atoms with van der Waals surface area (Å²) in [5, 5.41) is 4.73. The molecular formula is C12H16Cl3NO. The smallest absolute Gasteiger partial charge is 0.0746 e. The Morgan fingerprint density at radius 3 is 2.59 bits per heavy atom. The minimum atomic E-state index is 0. The average molecular weight is 297 g/mol. The number of halogens is 3. The molecule has 2 rings (SSSR count). The lowest BCUT2D eigenvalue weighted by molar-refractivity contribution is 0.103. The average Bonchev–Trinajstić information content (AvgIpc) is 2.75. The van der Waals surface area contributed by atoms with Crippen molar-refractivity contribution < 1.29 is 4.74 Å². The summed E-state index contributed by atoms with van der Waals surface area (Å²) in [4.78, 5) is 0. The van der Waals surface area contributed by atoms with Crippen LogP contribution >= 0.6 is 35.6 Å². The highest BCUT2D eigenvalue weighted by Gasteiger charge is 2.14. The van der Waals surface area contributed by atoms with Gasteiger partial charge in [0, 0.05) is 21.7 Å². The van der Waals surface area contributed by atoms with E-state index in [-0.39, 0.29) is 12.4 Å². The SMILES string of the molecule is Cl.Clc1cccc(Cl)c1COCC1CCCN1. The first-order valence-corrected chi connectivity index (χ1v) is 6.27. The predicted molar refractivity (Wildman–Crippen MR) is 74.4 cm³/mol. The molecule has 1 saturated heterocycles. The first-order chi connectivity index (χ1) is 7.77. The second-order valence-corrected chi connectivity index (χ2v) is 4.82. The molecule has 2 nitrogen and oxygen atoms in total. The van der Waals surface area contributed by atoms with Gasteiger partial charge in [-0.25, -0.2) is 0 Å². The molecule has 0 spiro atoms. The van der Waals surface area contributed by atoms with Crippen LogP contribution in [0.2, 0.25) is 10.0 Å². The van der Waals surface area contributed by atoms with Crippen molar-refractivity contribution in [3.63, 3.8) is 0 Å². The Balaban J connectivity index is 0.00000144. The first kappa shape index (κ1) is 15.1. The molecule has 0 radical (unpaired) electrons. The second kappa shape index (κ2) is 7.45. The number of nitrogens with one attached hydrogen (secondary N) is 1. The van der Waals surface area contributed by atoms with E-state index >= 15 is 0 Å². The lowest BCUT2D eigenvalue weighted by Crippen LogP contribution is -2.26. The Labute approximate surface area is 118 Å². The zero-order chi connectivity index (χ0) is 11.4. The summed E-state index contributed by atoms with van der Waals surface area (Å²) in [6, 6.07) is 5.99. The lowest BCUT2D eigenvalue weighted by atomic mass is 10.2. The van der Waals surface area contributed by atoms with Crippen LogP contribution in [0.3, 0.4) is 0 Å². The fourth-order valence-corrected chi connectivity index (χ4v) is 2.38. The lowest BCUT2D eigenvalue weighted by Gasteiger charge is -2.12. The molecule has 1 atom stereocenters. The van der Waals surface area contributed by atoms with Crippen molar-refractivity contribution >= 4 is 35.6 Å². The van der Waals surface area contributed by atoms with Crippen molar-refractivity contribution in [1.82, 2.24) is 5.32 Å². The third kappa shape index (κ3) is 4.31. The van der Waals surface area contributed by atoms with E-state index in [0.717, 1.165) is 18.7 Å². The second-order valence-electron chi connectivity index (χ2n) is 4.01. The molecule has 0 aromatic heterocycles. The Bertz CT molecular complexity index is 333. The van der Waals surface area contributed by atoms with E-state index in [1.165, 1.54) is 12.8 Å². The molecule has 1 heterocycles. The highest BCUT2D eigenvalue weighted by atomic mass is 35.5. The minimum absolute atomic E-state index is 0. The number of ether oxygens (including phenoxy) is 1. The van der Waals surface area contributed by atoms with Gasteiger partial charge in [-0.05, 0) is 31.5 Å². The summed E-state index contributed by atoms with van der Waals surface area (Å²) >= 11 is 12.1. The summed E-state index contributed by atoms with van der Waals surface area (Å²) in [7, 11) is 0. The molecule has 1 aromatic carbocycles. The van der Waals surface area contributed by atoms with Gasteiger partial charge in [0.25, 0.3) is 0 Å². The Morgan fingerprint density at radius 2 is 2.00 bits per heavy atom. The molecule has 96 valence electrons. The van der Waals surface area contributed by atoms with E-state index in [2.05, 4.69) is 5.32 Å². The normalized spacial score (nSPS) is 19.1. The van der Waals surface area contributed by atoms with Crippen LogP contribution in [-0.4, -0.2) is 19.2 Å². The van der Waals surface area contributed by atoms with E-state index < -0.39 is 0 Å². The largest absolute Gasteiger partial charge is 0.375 e. The fourth-order valence-electron chi connectivity index (χ4n) is 1.87. The van der Waals surface area contributed by atoms with Gasteiger partial charge in [0.1, 0.15) is 0 Å². The molecule has 0 saturated carbocycles. The Hall–Kier alpha value is 0.01000. The van der Waals surface area contributed by atoms with Gasteiger partial charge in [-0.1, -0.05) is 29.3 Å². The maximum Gasteiger partial charge on any atom is 0.0746 e. The number of hydrogen-bond donors (Lipinski definition) is 1. The van der Waals surface area contributed by atoms with Crippen LogP contribution in [0.4, 0.5) is 0 Å². The van der Waals surface area contributed by atoms with Crippen molar-refractivity contribution in [2.45, 2.75) is 25.5 Å². The topological polar surface area (TPSA) is 21.3 Å². The Kier molecular flexibility index (Phi) is 6.60. The third-order valence-electron chi connectivity index (χ3n) is 2.79. The first-order valence-electron chi connectivity index (χ1n) is 5.51. The number of rotatable bonds is 4. The zero-order valence-electron chi connectivity index (χ0n) is 9.42. The monoisotopic (exact) mass is 295 g/mol. The van der Waals surface area contributed by atoms with Gasteiger partial charge in [-0.3, -0.25) is 0 Å². The van der Waals surface area contributed by atoms with Gasteiger partial charge in [-0.2, -0.15) is 0 Å². The van der Waals surface area contributed by atoms with Gasteiger partial charge < -0.3 is 10.1 Å². The van der Waals surface area contributed by atoms with Crippen LogP contribution in [0.25, 0.3) is 0 Å². The van der Waals surface area contributed by atoms with E-state index in [0.29, 0.717) is 22.7 Å². The van der Waals surface area contributed by atoms with Crippen LogP contribution in [0, 0.1) is 0 Å². The summed E-state index contributed by atoms with van der Waals surface area (Å²) in [6.07, 6.45) is 2.43. The summed E-state index contributed by atoms with van der Waals surface area (Å²) in [5.41, 5.74) is 0.879.